The highest BCUT2D eigenvalue weighted by atomic mass is 16.2. The molecule has 136 valence electrons. The van der Waals surface area contributed by atoms with Crippen LogP contribution in [0.3, 0.4) is 0 Å². The van der Waals surface area contributed by atoms with Crippen molar-refractivity contribution in [2.75, 3.05) is 7.05 Å². The van der Waals surface area contributed by atoms with Gasteiger partial charge in [0.25, 0.3) is 11.5 Å². The van der Waals surface area contributed by atoms with Gasteiger partial charge in [-0.25, -0.2) is 0 Å². The Morgan fingerprint density at radius 3 is 2.62 bits per heavy atom. The first-order valence-electron chi connectivity index (χ1n) is 8.98. The van der Waals surface area contributed by atoms with Crippen molar-refractivity contribution in [1.29, 1.82) is 0 Å². The van der Waals surface area contributed by atoms with E-state index in [9.17, 15) is 14.4 Å². The van der Waals surface area contributed by atoms with Crippen LogP contribution in [0, 0.1) is 12.8 Å². The Kier molecular flexibility index (Phi) is 5.07. The van der Waals surface area contributed by atoms with Crippen molar-refractivity contribution in [3.63, 3.8) is 0 Å². The maximum absolute atomic E-state index is 12.9. The Hall–Kier alpha value is -2.69. The summed E-state index contributed by atoms with van der Waals surface area (Å²) in [6.07, 6.45) is 4.23. The number of carbonyl (C=O) groups is 2. The summed E-state index contributed by atoms with van der Waals surface area (Å²) >= 11 is 0. The van der Waals surface area contributed by atoms with E-state index in [4.69, 9.17) is 0 Å². The number of ketones is 1. The molecule has 1 fully saturated rings. The molecular weight excluding hydrogens is 328 g/mol. The standard InChI is InChI=1S/C21H24N2O3/c1-13-5-4-6-16(9-13)14(2)23-12-17(19(24)10-15-7-8-15)11-18(21(23)26)20(25)22-3/h4-6,9,11-12,14-15H,7-8,10H2,1-3H3,(H,22,25)/t14-/m0/s1. The van der Waals surface area contributed by atoms with Crippen LogP contribution < -0.4 is 10.9 Å². The number of nitrogens with one attached hydrogen (secondary N) is 1. The van der Waals surface area contributed by atoms with Gasteiger partial charge in [0.05, 0.1) is 6.04 Å². The summed E-state index contributed by atoms with van der Waals surface area (Å²) in [7, 11) is 1.48. The van der Waals surface area contributed by atoms with Crippen molar-refractivity contribution in [3.05, 3.63) is 69.1 Å². The summed E-state index contributed by atoms with van der Waals surface area (Å²) in [6, 6.07) is 9.04. The van der Waals surface area contributed by atoms with E-state index in [1.54, 1.807) is 6.20 Å². The minimum Gasteiger partial charge on any atom is -0.355 e. The number of Topliss-reactive ketones (excluding diaryl/α,β-unsaturated/α-hetero) is 1. The fraction of sp³-hybridized carbons (Fsp3) is 0.381. The largest absolute Gasteiger partial charge is 0.355 e. The first-order chi connectivity index (χ1) is 12.4. The molecule has 3 rings (SSSR count). The third-order valence-electron chi connectivity index (χ3n) is 4.95. The van der Waals surface area contributed by atoms with Crippen molar-refractivity contribution in [2.24, 2.45) is 5.92 Å². The highest BCUT2D eigenvalue weighted by Crippen LogP contribution is 2.33. The second kappa shape index (κ2) is 7.28. The average molecular weight is 352 g/mol. The number of hydrogen-bond acceptors (Lipinski definition) is 3. The van der Waals surface area contributed by atoms with Gasteiger partial charge in [0.1, 0.15) is 5.56 Å². The summed E-state index contributed by atoms with van der Waals surface area (Å²) in [5.41, 5.74) is 2.10. The Morgan fingerprint density at radius 2 is 2.00 bits per heavy atom. The molecule has 0 aliphatic heterocycles. The SMILES string of the molecule is CNC(=O)c1cc(C(=O)CC2CC2)cn([C@@H](C)c2cccc(C)c2)c1=O. The maximum atomic E-state index is 12.9. The molecule has 1 amide bonds. The van der Waals surface area contributed by atoms with Gasteiger partial charge >= 0.3 is 0 Å². The number of benzene rings is 1. The second-order valence-electron chi connectivity index (χ2n) is 7.09. The number of amides is 1. The molecule has 0 saturated heterocycles. The molecule has 2 aromatic rings. The average Bonchev–Trinajstić information content (AvgIpc) is 3.44. The summed E-state index contributed by atoms with van der Waals surface area (Å²) in [4.78, 5) is 37.6. The lowest BCUT2D eigenvalue weighted by atomic mass is 10.0. The molecule has 1 aliphatic rings. The Bertz CT molecular complexity index is 910. The van der Waals surface area contributed by atoms with Crippen molar-refractivity contribution < 1.29 is 9.59 Å². The predicted molar refractivity (Wildman–Crippen MR) is 101 cm³/mol. The Balaban J connectivity index is 2.08. The Labute approximate surface area is 153 Å². The Morgan fingerprint density at radius 1 is 1.27 bits per heavy atom. The highest BCUT2D eigenvalue weighted by Gasteiger charge is 2.26. The minimum absolute atomic E-state index is 0.00801. The first-order valence-corrected chi connectivity index (χ1v) is 8.98. The van der Waals surface area contributed by atoms with Crippen LogP contribution in [0.25, 0.3) is 0 Å². The van der Waals surface area contributed by atoms with Crippen LogP contribution in [0.4, 0.5) is 0 Å². The molecule has 1 atom stereocenters. The van der Waals surface area contributed by atoms with Gasteiger partial charge in [0.15, 0.2) is 5.78 Å². The summed E-state index contributed by atoms with van der Waals surface area (Å²) in [5.74, 6) is -0.0374. The van der Waals surface area contributed by atoms with E-state index >= 15 is 0 Å². The van der Waals surface area contributed by atoms with Gasteiger partial charge < -0.3 is 9.88 Å². The fourth-order valence-electron chi connectivity index (χ4n) is 3.13. The lowest BCUT2D eigenvalue weighted by Gasteiger charge is -2.18. The van der Waals surface area contributed by atoms with Gasteiger partial charge in [-0.2, -0.15) is 0 Å². The molecule has 1 heterocycles. The molecule has 5 nitrogen and oxygen atoms in total. The van der Waals surface area contributed by atoms with Gasteiger partial charge in [-0.1, -0.05) is 29.8 Å². The smallest absolute Gasteiger partial charge is 0.263 e. The zero-order valence-corrected chi connectivity index (χ0v) is 15.4. The van der Waals surface area contributed by atoms with Crippen LogP contribution in [0.2, 0.25) is 0 Å². The molecule has 5 heteroatoms. The fourth-order valence-corrected chi connectivity index (χ4v) is 3.13. The quantitative estimate of drug-likeness (QED) is 0.812. The van der Waals surface area contributed by atoms with Crippen molar-refractivity contribution >= 4 is 11.7 Å². The van der Waals surface area contributed by atoms with Gasteiger partial charge in [-0.3, -0.25) is 14.4 Å². The van der Waals surface area contributed by atoms with Crippen molar-refractivity contribution in [2.45, 2.75) is 39.2 Å². The number of rotatable bonds is 6. The molecule has 1 aliphatic carbocycles. The molecule has 1 aromatic carbocycles. The van der Waals surface area contributed by atoms with E-state index in [0.29, 0.717) is 17.9 Å². The number of hydrogen-bond donors (Lipinski definition) is 1. The lowest BCUT2D eigenvalue weighted by molar-refractivity contribution is 0.0961. The van der Waals surface area contributed by atoms with Crippen molar-refractivity contribution in [1.82, 2.24) is 9.88 Å². The van der Waals surface area contributed by atoms with Crippen LogP contribution in [0.5, 0.6) is 0 Å². The zero-order valence-electron chi connectivity index (χ0n) is 15.4. The van der Waals surface area contributed by atoms with Crippen LogP contribution in [0.15, 0.2) is 41.3 Å². The maximum Gasteiger partial charge on any atom is 0.263 e. The number of nitrogens with zero attached hydrogens (tertiary/aromatic N) is 1. The molecule has 0 bridgehead atoms. The molecule has 0 radical (unpaired) electrons. The highest BCUT2D eigenvalue weighted by molar-refractivity contribution is 6.00. The van der Waals surface area contributed by atoms with Crippen LogP contribution >= 0.6 is 0 Å². The number of carbonyl (C=O) groups excluding carboxylic acids is 2. The van der Waals surface area contributed by atoms with E-state index < -0.39 is 5.91 Å². The number of aromatic nitrogens is 1. The topological polar surface area (TPSA) is 68.2 Å². The van der Waals surface area contributed by atoms with Gasteiger partial charge in [0.2, 0.25) is 0 Å². The van der Waals surface area contributed by atoms with E-state index in [1.165, 1.54) is 17.7 Å². The van der Waals surface area contributed by atoms with Crippen molar-refractivity contribution in [3.8, 4) is 0 Å². The normalized spacial score (nSPS) is 14.7. The van der Waals surface area contributed by atoms with Gasteiger partial charge in [-0.15, -0.1) is 0 Å². The predicted octanol–water partition coefficient (Wildman–Crippen LogP) is 3.11. The minimum atomic E-state index is -0.471. The number of aryl methyl sites for hydroxylation is 1. The van der Waals surface area contributed by atoms with Crippen LogP contribution in [0.1, 0.15) is 64.1 Å². The van der Waals surface area contributed by atoms with Gasteiger partial charge in [0, 0.05) is 25.2 Å². The third-order valence-corrected chi connectivity index (χ3v) is 4.95. The second-order valence-corrected chi connectivity index (χ2v) is 7.09. The molecular formula is C21H24N2O3. The molecule has 26 heavy (non-hydrogen) atoms. The molecule has 1 N–H and O–H groups in total. The summed E-state index contributed by atoms with van der Waals surface area (Å²) in [5, 5.41) is 2.49. The van der Waals surface area contributed by atoms with E-state index in [2.05, 4.69) is 5.32 Å². The lowest BCUT2D eigenvalue weighted by Crippen LogP contribution is -2.33. The zero-order chi connectivity index (χ0) is 18.8. The first kappa shape index (κ1) is 18.1. The number of pyridine rings is 1. The monoisotopic (exact) mass is 352 g/mol. The summed E-state index contributed by atoms with van der Waals surface area (Å²) < 4.78 is 1.50. The molecule has 1 saturated carbocycles. The molecule has 0 unspecified atom stereocenters. The van der Waals surface area contributed by atoms with E-state index in [0.717, 1.165) is 24.0 Å². The van der Waals surface area contributed by atoms with Crippen LogP contribution in [-0.4, -0.2) is 23.3 Å². The van der Waals surface area contributed by atoms with Gasteiger partial charge in [-0.05, 0) is 44.2 Å². The van der Waals surface area contributed by atoms with E-state index in [-0.39, 0.29) is 22.9 Å². The summed E-state index contributed by atoms with van der Waals surface area (Å²) in [6.45, 7) is 3.89. The molecule has 1 aromatic heterocycles. The molecule has 0 spiro atoms. The van der Waals surface area contributed by atoms with Crippen LogP contribution in [-0.2, 0) is 0 Å². The third kappa shape index (κ3) is 3.77. The van der Waals surface area contributed by atoms with E-state index in [1.807, 2.05) is 38.1 Å².